The van der Waals surface area contributed by atoms with Crippen molar-refractivity contribution in [1.82, 2.24) is 10.3 Å². The van der Waals surface area contributed by atoms with E-state index in [1.54, 1.807) is 20.3 Å². The molecule has 1 unspecified atom stereocenters. The van der Waals surface area contributed by atoms with Gasteiger partial charge in [0, 0.05) is 11.1 Å². The molecule has 35 heavy (non-hydrogen) atoms. The van der Waals surface area contributed by atoms with E-state index < -0.39 is 6.04 Å². The maximum atomic E-state index is 9.52. The van der Waals surface area contributed by atoms with Crippen molar-refractivity contribution in [3.05, 3.63) is 64.7 Å². The third-order valence-electron chi connectivity index (χ3n) is 5.43. The van der Waals surface area contributed by atoms with Gasteiger partial charge in [0.15, 0.2) is 17.7 Å². The van der Waals surface area contributed by atoms with Crippen molar-refractivity contribution in [2.45, 2.75) is 12.6 Å². The summed E-state index contributed by atoms with van der Waals surface area (Å²) in [7, 11) is 3.14. The molecule has 0 spiro atoms. The van der Waals surface area contributed by atoms with E-state index in [4.69, 9.17) is 30.9 Å². The van der Waals surface area contributed by atoms with Crippen LogP contribution in [0.4, 0.5) is 17.3 Å². The van der Waals surface area contributed by atoms with Gasteiger partial charge in [-0.15, -0.1) is 0 Å². The molecule has 3 aromatic rings. The molecular formula is C24H22N8O3. The molecule has 1 aliphatic heterocycles. The maximum Gasteiger partial charge on any atom is 0.211 e. The van der Waals surface area contributed by atoms with Gasteiger partial charge in [-0.25, -0.2) is 9.98 Å². The fraction of sp³-hybridized carbons (Fsp3) is 0.167. The van der Waals surface area contributed by atoms with Crippen molar-refractivity contribution in [1.29, 1.82) is 10.5 Å². The lowest BCUT2D eigenvalue weighted by molar-refractivity contribution is 0.278. The summed E-state index contributed by atoms with van der Waals surface area (Å²) in [6, 6.07) is 14.1. The molecule has 11 heteroatoms. The molecule has 1 atom stereocenters. The van der Waals surface area contributed by atoms with Gasteiger partial charge in [-0.1, -0.05) is 18.2 Å². The van der Waals surface area contributed by atoms with Gasteiger partial charge in [0.05, 0.1) is 19.9 Å². The number of nitrogen functional groups attached to an aromatic ring is 2. The predicted octanol–water partition coefficient (Wildman–Crippen LogP) is 2.66. The second-order valence-electron chi connectivity index (χ2n) is 7.41. The van der Waals surface area contributed by atoms with Gasteiger partial charge in [-0.05, 0) is 29.8 Å². The van der Waals surface area contributed by atoms with Gasteiger partial charge in [-0.3, -0.25) is 5.32 Å². The highest BCUT2D eigenvalue weighted by molar-refractivity contribution is 5.98. The first-order chi connectivity index (χ1) is 17.0. The van der Waals surface area contributed by atoms with E-state index in [9.17, 15) is 5.26 Å². The molecule has 11 nitrogen and oxygen atoms in total. The van der Waals surface area contributed by atoms with Crippen LogP contribution in [0.15, 0.2) is 47.5 Å². The molecule has 176 valence electrons. The Balaban J connectivity index is 1.78. The van der Waals surface area contributed by atoms with Crippen LogP contribution >= 0.6 is 0 Å². The first-order valence-corrected chi connectivity index (χ1v) is 10.4. The number of guanidine groups is 1. The summed E-state index contributed by atoms with van der Waals surface area (Å²) in [6.07, 6.45) is 1.83. The van der Waals surface area contributed by atoms with Gasteiger partial charge in [-0.2, -0.15) is 10.5 Å². The number of pyridine rings is 1. The van der Waals surface area contributed by atoms with Crippen molar-refractivity contribution in [3.8, 4) is 29.5 Å². The number of nitrogens with one attached hydrogen (secondary N) is 2. The molecular weight excluding hydrogens is 448 g/mol. The molecule has 0 saturated carbocycles. The summed E-state index contributed by atoms with van der Waals surface area (Å²) < 4.78 is 16.9. The topological polar surface area (TPSA) is 177 Å². The van der Waals surface area contributed by atoms with E-state index in [0.717, 1.165) is 5.56 Å². The number of benzene rings is 2. The third-order valence-corrected chi connectivity index (χ3v) is 5.43. The lowest BCUT2D eigenvalue weighted by Crippen LogP contribution is -2.32. The molecule has 0 saturated heterocycles. The lowest BCUT2D eigenvalue weighted by Gasteiger charge is -2.26. The number of ether oxygens (including phenoxy) is 3. The van der Waals surface area contributed by atoms with Crippen molar-refractivity contribution in [2.24, 2.45) is 4.99 Å². The Morgan fingerprint density at radius 1 is 1.06 bits per heavy atom. The molecule has 0 amide bonds. The summed E-state index contributed by atoms with van der Waals surface area (Å²) in [6.45, 7) is 0.182. The van der Waals surface area contributed by atoms with E-state index in [1.807, 2.05) is 48.7 Å². The molecule has 6 N–H and O–H groups in total. The number of nitrogens with zero attached hydrogens (tertiary/aromatic N) is 4. The summed E-state index contributed by atoms with van der Waals surface area (Å²) in [4.78, 5) is 8.87. The van der Waals surface area contributed by atoms with Gasteiger partial charge in [0.25, 0.3) is 0 Å². The number of rotatable bonds is 6. The second-order valence-corrected chi connectivity index (χ2v) is 7.41. The summed E-state index contributed by atoms with van der Waals surface area (Å²) >= 11 is 0. The minimum absolute atomic E-state index is 0.0196. The summed E-state index contributed by atoms with van der Waals surface area (Å²) in [5.74, 6) is 2.25. The third kappa shape index (κ3) is 4.38. The number of aliphatic imine (C=N–C) groups is 1. The minimum atomic E-state index is -0.682. The number of para-hydroxylation sites is 2. The number of hydrogen-bond donors (Lipinski definition) is 4. The number of aromatic nitrogens is 1. The highest BCUT2D eigenvalue weighted by Crippen LogP contribution is 2.41. The maximum absolute atomic E-state index is 9.52. The number of nitrogens with two attached hydrogens (primary N) is 2. The fourth-order valence-electron chi connectivity index (χ4n) is 3.80. The highest BCUT2D eigenvalue weighted by atomic mass is 16.5. The number of fused-ring (bicyclic) bond motifs is 1. The van der Waals surface area contributed by atoms with Crippen LogP contribution in [0.3, 0.4) is 0 Å². The first-order valence-electron chi connectivity index (χ1n) is 10.4. The van der Waals surface area contributed by atoms with Crippen LogP contribution in [0.2, 0.25) is 0 Å². The normalized spacial score (nSPS) is 13.8. The van der Waals surface area contributed by atoms with Gasteiger partial charge in [0.1, 0.15) is 41.7 Å². The zero-order valence-corrected chi connectivity index (χ0v) is 19.0. The Morgan fingerprint density at radius 2 is 1.80 bits per heavy atom. The average molecular weight is 470 g/mol. The van der Waals surface area contributed by atoms with Crippen LogP contribution in [0.1, 0.15) is 28.3 Å². The Bertz CT molecular complexity index is 1390. The zero-order chi connectivity index (χ0) is 24.9. The molecule has 0 fully saturated rings. The van der Waals surface area contributed by atoms with E-state index in [0.29, 0.717) is 34.2 Å². The Kier molecular flexibility index (Phi) is 6.42. The van der Waals surface area contributed by atoms with Crippen molar-refractivity contribution < 1.29 is 14.2 Å². The van der Waals surface area contributed by atoms with E-state index >= 15 is 0 Å². The van der Waals surface area contributed by atoms with Crippen molar-refractivity contribution >= 4 is 23.3 Å². The number of hydrogen-bond acceptors (Lipinski definition) is 11. The Hall–Kier alpha value is -5.16. The van der Waals surface area contributed by atoms with Gasteiger partial charge >= 0.3 is 0 Å². The van der Waals surface area contributed by atoms with E-state index in [2.05, 4.69) is 20.6 Å². The average Bonchev–Trinajstić information content (AvgIpc) is 2.87. The largest absolute Gasteiger partial charge is 0.496 e. The molecule has 1 aliphatic rings. The smallest absolute Gasteiger partial charge is 0.211 e. The first kappa shape index (κ1) is 23.0. The fourth-order valence-corrected chi connectivity index (χ4v) is 3.80. The van der Waals surface area contributed by atoms with Crippen LogP contribution in [-0.2, 0) is 6.61 Å². The standard InChI is InChI=1S/C24H22N8O3/c1-33-16-8-7-13(9-14(16)11-35-18-6-4-3-5-17(18)34-2)21-19-20(27)15(10-25)22(28)31-23(19)32-24(30-21)29-12-26/h3-9,21H,11H2,1-2H3,(H6,27,28,29,30,31,32). The summed E-state index contributed by atoms with van der Waals surface area (Å²) in [5.41, 5.74) is 14.4. The van der Waals surface area contributed by atoms with Crippen LogP contribution < -0.4 is 36.3 Å². The number of nitriles is 2. The number of methoxy groups -OCH3 is 2. The van der Waals surface area contributed by atoms with Crippen LogP contribution in [0, 0.1) is 22.8 Å². The Labute approximate surface area is 201 Å². The summed E-state index contributed by atoms with van der Waals surface area (Å²) in [5, 5.41) is 24.0. The molecule has 0 radical (unpaired) electrons. The van der Waals surface area contributed by atoms with Crippen molar-refractivity contribution in [3.63, 3.8) is 0 Å². The van der Waals surface area contributed by atoms with Crippen molar-refractivity contribution in [2.75, 3.05) is 31.0 Å². The van der Waals surface area contributed by atoms with E-state index in [-0.39, 0.29) is 29.6 Å². The Morgan fingerprint density at radius 3 is 2.49 bits per heavy atom. The molecule has 4 rings (SSSR count). The lowest BCUT2D eigenvalue weighted by atomic mass is 9.94. The molecule has 1 aromatic heterocycles. The zero-order valence-electron chi connectivity index (χ0n) is 19.0. The van der Waals surface area contributed by atoms with Crippen LogP contribution in [0.25, 0.3) is 0 Å². The van der Waals surface area contributed by atoms with Gasteiger partial charge in [0.2, 0.25) is 5.96 Å². The molecule has 0 aliphatic carbocycles. The molecule has 0 bridgehead atoms. The second kappa shape index (κ2) is 9.77. The predicted molar refractivity (Wildman–Crippen MR) is 130 cm³/mol. The molecule has 2 heterocycles. The molecule has 2 aromatic carbocycles. The monoisotopic (exact) mass is 470 g/mol. The SMILES string of the molecule is COc1ccc(C2N=C(NC#N)Nc3nc(N)c(C#N)c(N)c32)cc1COc1ccccc1OC. The van der Waals surface area contributed by atoms with Crippen LogP contribution in [-0.4, -0.2) is 25.2 Å². The van der Waals surface area contributed by atoms with Gasteiger partial charge < -0.3 is 31.0 Å². The van der Waals surface area contributed by atoms with E-state index in [1.165, 1.54) is 0 Å². The minimum Gasteiger partial charge on any atom is -0.496 e. The quantitative estimate of drug-likeness (QED) is 0.309. The van der Waals surface area contributed by atoms with Crippen LogP contribution in [0.5, 0.6) is 17.2 Å². The number of anilines is 3. The highest BCUT2D eigenvalue weighted by Gasteiger charge is 2.30.